The average molecular weight is 343 g/mol. The molecule has 1 aliphatic rings. The number of benzene rings is 2. The van der Waals surface area contributed by atoms with Crippen molar-refractivity contribution >= 4 is 17.7 Å². The second-order valence-corrected chi connectivity index (χ2v) is 6.79. The highest BCUT2D eigenvalue weighted by atomic mass is 32.2. The Labute approximate surface area is 146 Å². The largest absolute Gasteiger partial charge is 0.486 e. The lowest BCUT2D eigenvalue weighted by Crippen LogP contribution is -2.25. The zero-order valence-corrected chi connectivity index (χ0v) is 14.7. The lowest BCUT2D eigenvalue weighted by Gasteiger charge is -2.21. The highest BCUT2D eigenvalue weighted by molar-refractivity contribution is 8.00. The molecule has 0 bridgehead atoms. The van der Waals surface area contributed by atoms with Crippen molar-refractivity contribution < 1.29 is 14.3 Å². The predicted molar refractivity (Wildman–Crippen MR) is 95.9 cm³/mol. The van der Waals surface area contributed by atoms with Gasteiger partial charge in [0.05, 0.1) is 5.75 Å². The van der Waals surface area contributed by atoms with Gasteiger partial charge in [0.15, 0.2) is 11.5 Å². The van der Waals surface area contributed by atoms with Crippen LogP contribution in [-0.2, 0) is 11.3 Å². The van der Waals surface area contributed by atoms with E-state index in [1.807, 2.05) is 18.2 Å². The van der Waals surface area contributed by atoms with Crippen LogP contribution in [0, 0.1) is 13.8 Å². The molecule has 0 aromatic heterocycles. The molecule has 0 spiro atoms. The standard InChI is InChI=1S/C19H21NO3S/c1-13-6-7-14(2)17(10-13)24-12-18(21)20-11-15-4-3-5-16-19(15)23-9-8-22-16/h3-7,10H,8-9,11-12H2,1-2H3,(H,20,21). The van der Waals surface area contributed by atoms with E-state index >= 15 is 0 Å². The summed E-state index contributed by atoms with van der Waals surface area (Å²) >= 11 is 1.57. The maximum absolute atomic E-state index is 12.1. The first-order chi connectivity index (χ1) is 11.6. The minimum atomic E-state index is 0.00948. The molecule has 3 rings (SSSR count). The van der Waals surface area contributed by atoms with Gasteiger partial charge in [0.2, 0.25) is 5.91 Å². The van der Waals surface area contributed by atoms with Gasteiger partial charge in [0.1, 0.15) is 13.2 Å². The normalized spacial score (nSPS) is 12.8. The minimum absolute atomic E-state index is 0.00948. The maximum atomic E-state index is 12.1. The molecule has 0 radical (unpaired) electrons. The van der Waals surface area contributed by atoms with Crippen molar-refractivity contribution in [3.63, 3.8) is 0 Å². The Hall–Kier alpha value is -2.14. The van der Waals surface area contributed by atoms with E-state index in [1.165, 1.54) is 11.1 Å². The van der Waals surface area contributed by atoms with Crippen LogP contribution in [0.1, 0.15) is 16.7 Å². The summed E-state index contributed by atoms with van der Waals surface area (Å²) in [5.74, 6) is 1.90. The number of carbonyl (C=O) groups is 1. The summed E-state index contributed by atoms with van der Waals surface area (Å²) in [6, 6.07) is 12.0. The van der Waals surface area contributed by atoms with Gasteiger partial charge in [0.25, 0.3) is 0 Å². The molecular formula is C19H21NO3S. The molecule has 1 N–H and O–H groups in total. The van der Waals surface area contributed by atoms with Crippen molar-refractivity contribution in [3.05, 3.63) is 53.1 Å². The van der Waals surface area contributed by atoms with Crippen molar-refractivity contribution in [2.75, 3.05) is 19.0 Å². The van der Waals surface area contributed by atoms with Gasteiger partial charge in [-0.05, 0) is 31.5 Å². The van der Waals surface area contributed by atoms with Crippen LogP contribution in [0.4, 0.5) is 0 Å². The van der Waals surface area contributed by atoms with Gasteiger partial charge >= 0.3 is 0 Å². The molecule has 126 valence electrons. The first-order valence-corrected chi connectivity index (χ1v) is 8.96. The molecule has 0 aliphatic carbocycles. The van der Waals surface area contributed by atoms with Crippen LogP contribution in [0.25, 0.3) is 0 Å². The van der Waals surface area contributed by atoms with E-state index in [-0.39, 0.29) is 5.91 Å². The lowest BCUT2D eigenvalue weighted by molar-refractivity contribution is -0.118. The average Bonchev–Trinajstić information content (AvgIpc) is 2.60. The van der Waals surface area contributed by atoms with Crippen LogP contribution < -0.4 is 14.8 Å². The molecule has 0 saturated carbocycles. The van der Waals surface area contributed by atoms with Crippen LogP contribution in [0.2, 0.25) is 0 Å². The monoisotopic (exact) mass is 343 g/mol. The third kappa shape index (κ3) is 4.03. The smallest absolute Gasteiger partial charge is 0.230 e. The minimum Gasteiger partial charge on any atom is -0.486 e. The van der Waals surface area contributed by atoms with Gasteiger partial charge < -0.3 is 14.8 Å². The fourth-order valence-corrected chi connectivity index (χ4v) is 3.48. The molecule has 2 aromatic rings. The van der Waals surface area contributed by atoms with Crippen LogP contribution in [0.5, 0.6) is 11.5 Å². The van der Waals surface area contributed by atoms with Crippen molar-refractivity contribution in [1.82, 2.24) is 5.32 Å². The van der Waals surface area contributed by atoms with Crippen molar-refractivity contribution in [3.8, 4) is 11.5 Å². The SMILES string of the molecule is Cc1ccc(C)c(SCC(=O)NCc2cccc3c2OCCO3)c1. The predicted octanol–water partition coefficient (Wildman–Crippen LogP) is 3.48. The third-order valence-electron chi connectivity index (χ3n) is 3.83. The molecule has 0 unspecified atom stereocenters. The molecule has 0 saturated heterocycles. The first-order valence-electron chi connectivity index (χ1n) is 7.98. The molecule has 1 amide bonds. The zero-order chi connectivity index (χ0) is 16.9. The molecule has 5 heteroatoms. The van der Waals surface area contributed by atoms with E-state index in [0.29, 0.717) is 25.5 Å². The Morgan fingerprint density at radius 3 is 2.88 bits per heavy atom. The molecular weight excluding hydrogens is 322 g/mol. The number of rotatable bonds is 5. The van der Waals surface area contributed by atoms with Gasteiger partial charge in [-0.3, -0.25) is 4.79 Å². The second-order valence-electron chi connectivity index (χ2n) is 5.78. The van der Waals surface area contributed by atoms with Crippen LogP contribution in [-0.4, -0.2) is 24.9 Å². The quantitative estimate of drug-likeness (QED) is 0.845. The van der Waals surface area contributed by atoms with Crippen molar-refractivity contribution in [1.29, 1.82) is 0 Å². The molecule has 4 nitrogen and oxygen atoms in total. The maximum Gasteiger partial charge on any atom is 0.230 e. The molecule has 2 aromatic carbocycles. The fraction of sp³-hybridized carbons (Fsp3) is 0.316. The summed E-state index contributed by atoms with van der Waals surface area (Å²) < 4.78 is 11.2. The highest BCUT2D eigenvalue weighted by Crippen LogP contribution is 2.33. The number of fused-ring (bicyclic) bond motifs is 1. The second kappa shape index (κ2) is 7.62. The number of carbonyl (C=O) groups excluding carboxylic acids is 1. The number of nitrogens with one attached hydrogen (secondary N) is 1. The Bertz CT molecular complexity index is 745. The molecule has 1 heterocycles. The summed E-state index contributed by atoms with van der Waals surface area (Å²) in [6.07, 6.45) is 0. The number of para-hydroxylation sites is 1. The van der Waals surface area contributed by atoms with Gasteiger partial charge in [-0.2, -0.15) is 0 Å². The molecule has 0 atom stereocenters. The van der Waals surface area contributed by atoms with E-state index in [4.69, 9.17) is 9.47 Å². The summed E-state index contributed by atoms with van der Waals surface area (Å²) in [5.41, 5.74) is 3.34. The van der Waals surface area contributed by atoms with Crippen LogP contribution in [0.3, 0.4) is 0 Å². The van der Waals surface area contributed by atoms with E-state index in [0.717, 1.165) is 22.0 Å². The number of thioether (sulfide) groups is 1. The van der Waals surface area contributed by atoms with Gasteiger partial charge in [-0.25, -0.2) is 0 Å². The summed E-state index contributed by atoms with van der Waals surface area (Å²) in [5, 5.41) is 2.96. The summed E-state index contributed by atoms with van der Waals surface area (Å²) in [7, 11) is 0. The fourth-order valence-electron chi connectivity index (χ4n) is 2.52. The Kier molecular flexibility index (Phi) is 5.30. The molecule has 1 aliphatic heterocycles. The first kappa shape index (κ1) is 16.7. The van der Waals surface area contributed by atoms with E-state index in [2.05, 4.69) is 37.4 Å². The van der Waals surface area contributed by atoms with Gasteiger partial charge in [-0.1, -0.05) is 29.8 Å². The Morgan fingerprint density at radius 2 is 2.00 bits per heavy atom. The van der Waals surface area contributed by atoms with Crippen LogP contribution >= 0.6 is 11.8 Å². The third-order valence-corrected chi connectivity index (χ3v) is 4.98. The van der Waals surface area contributed by atoms with Gasteiger partial charge in [-0.15, -0.1) is 11.8 Å². The number of ether oxygens (including phenoxy) is 2. The Balaban J connectivity index is 1.55. The van der Waals surface area contributed by atoms with Crippen molar-refractivity contribution in [2.24, 2.45) is 0 Å². The number of hydrogen-bond acceptors (Lipinski definition) is 4. The van der Waals surface area contributed by atoms with Crippen LogP contribution in [0.15, 0.2) is 41.3 Å². The topological polar surface area (TPSA) is 47.6 Å². The summed E-state index contributed by atoms with van der Waals surface area (Å²) in [6.45, 7) is 5.67. The number of amides is 1. The molecule has 0 fully saturated rings. The summed E-state index contributed by atoms with van der Waals surface area (Å²) in [4.78, 5) is 13.3. The van der Waals surface area contributed by atoms with Gasteiger partial charge in [0, 0.05) is 17.0 Å². The van der Waals surface area contributed by atoms with Crippen molar-refractivity contribution in [2.45, 2.75) is 25.3 Å². The lowest BCUT2D eigenvalue weighted by atomic mass is 10.1. The molecule has 24 heavy (non-hydrogen) atoms. The number of aryl methyl sites for hydroxylation is 2. The Morgan fingerprint density at radius 1 is 1.17 bits per heavy atom. The van der Waals surface area contributed by atoms with E-state index < -0.39 is 0 Å². The van der Waals surface area contributed by atoms with E-state index in [1.54, 1.807) is 11.8 Å². The number of hydrogen-bond donors (Lipinski definition) is 1. The van der Waals surface area contributed by atoms with E-state index in [9.17, 15) is 4.79 Å². The zero-order valence-electron chi connectivity index (χ0n) is 13.9. The highest BCUT2D eigenvalue weighted by Gasteiger charge is 2.16.